The van der Waals surface area contributed by atoms with Crippen LogP contribution in [0.15, 0.2) is 71.9 Å². The minimum atomic E-state index is -0.337. The standard InChI is InChI=1S/C28H22NS2.C15H28O2.Ir/c1-16-15-30-22-10-9-20-25-23(31-27(20)24(16)22)11-12-29-26(25)18-13-17-7-5-6-8-19(17)21(14-18)28(2,3)4;1-7-14(5,8-2)12(16)11-13(17)15(6,9-3)10-4;/h5-12,14-15H,1-4H3;11,16H,7-10H2,1-6H3;/q-1;;/b;12-11-;. The number of aliphatic hydroxyl groups is 1. The summed E-state index contributed by atoms with van der Waals surface area (Å²) in [5.41, 5.74) is 4.25. The molecule has 3 heterocycles. The van der Waals surface area contributed by atoms with Crippen LogP contribution in [-0.4, -0.2) is 15.9 Å². The summed E-state index contributed by atoms with van der Waals surface area (Å²) in [5, 5.41) is 18.8. The van der Waals surface area contributed by atoms with E-state index in [1.165, 1.54) is 52.8 Å². The van der Waals surface area contributed by atoms with Crippen LogP contribution in [0.3, 0.4) is 0 Å². The first-order valence-electron chi connectivity index (χ1n) is 17.3. The van der Waals surface area contributed by atoms with Crippen molar-refractivity contribution in [2.45, 2.75) is 100 Å². The fraction of sp³-hybridized carbons (Fsp3) is 0.395. The van der Waals surface area contributed by atoms with Gasteiger partial charge in [0.05, 0.1) is 0 Å². The number of thiophene rings is 2. The number of ketones is 1. The van der Waals surface area contributed by atoms with Crippen LogP contribution in [0.4, 0.5) is 0 Å². The average molecular weight is 869 g/mol. The summed E-state index contributed by atoms with van der Waals surface area (Å²) < 4.78 is 4.02. The quantitative estimate of drug-likeness (QED) is 0.0942. The molecule has 0 fully saturated rings. The number of carbonyl (C=O) groups excluding carboxylic acids is 1. The van der Waals surface area contributed by atoms with Crippen LogP contribution in [0, 0.1) is 23.8 Å². The summed E-state index contributed by atoms with van der Waals surface area (Å²) in [6.07, 6.45) is 6.70. The van der Waals surface area contributed by atoms with Gasteiger partial charge in [0.2, 0.25) is 0 Å². The number of carbonyl (C=O) groups is 1. The van der Waals surface area contributed by atoms with Gasteiger partial charge in [0, 0.05) is 68.4 Å². The Hall–Kier alpha value is -2.89. The van der Waals surface area contributed by atoms with Crippen molar-refractivity contribution in [1.29, 1.82) is 0 Å². The fourth-order valence-electron chi connectivity index (χ4n) is 6.32. The van der Waals surface area contributed by atoms with Crippen molar-refractivity contribution in [3.05, 3.63) is 89.1 Å². The van der Waals surface area contributed by atoms with E-state index in [1.54, 1.807) is 0 Å². The molecule has 261 valence electrons. The molecule has 0 amide bonds. The fourth-order valence-corrected chi connectivity index (χ4v) is 8.64. The molecule has 0 bridgehead atoms. The van der Waals surface area contributed by atoms with Crippen molar-refractivity contribution in [2.75, 3.05) is 0 Å². The first kappa shape index (κ1) is 38.9. The summed E-state index contributed by atoms with van der Waals surface area (Å²) >= 11 is 3.72. The molecule has 0 aliphatic rings. The molecule has 0 spiro atoms. The average Bonchev–Trinajstić information content (AvgIpc) is 3.66. The zero-order valence-electron chi connectivity index (χ0n) is 30.6. The van der Waals surface area contributed by atoms with Gasteiger partial charge in [-0.25, -0.2) is 0 Å². The van der Waals surface area contributed by atoms with Crippen LogP contribution in [0.5, 0.6) is 0 Å². The number of nitrogens with zero attached hydrogens (tertiary/aromatic N) is 1. The SMILES string of the molecule is CCC(C)(CC)C(=O)/C=C(\O)C(C)(CC)CC.Cc1csc2ccc3c(sc4ccnc(-c5[c-]c6ccccc6c(C(C)(C)C)c5)c43)c12.[Ir]. The van der Waals surface area contributed by atoms with E-state index >= 15 is 0 Å². The number of aryl methyl sites for hydroxylation is 1. The number of hydrogen-bond acceptors (Lipinski definition) is 5. The van der Waals surface area contributed by atoms with Gasteiger partial charge in [-0.15, -0.1) is 51.8 Å². The van der Waals surface area contributed by atoms with Crippen LogP contribution in [0.2, 0.25) is 0 Å². The summed E-state index contributed by atoms with van der Waals surface area (Å²) in [6, 6.07) is 21.3. The molecule has 49 heavy (non-hydrogen) atoms. The second-order valence-electron chi connectivity index (χ2n) is 14.7. The minimum absolute atomic E-state index is 0. The first-order valence-corrected chi connectivity index (χ1v) is 19.0. The molecule has 0 aliphatic carbocycles. The van der Waals surface area contributed by atoms with Crippen molar-refractivity contribution < 1.29 is 30.0 Å². The van der Waals surface area contributed by atoms with E-state index in [-0.39, 0.29) is 47.9 Å². The smallest absolute Gasteiger partial charge is 0.164 e. The van der Waals surface area contributed by atoms with Gasteiger partial charge in [-0.2, -0.15) is 0 Å². The van der Waals surface area contributed by atoms with Gasteiger partial charge in [0.1, 0.15) is 5.76 Å². The Balaban J connectivity index is 0.000000260. The third-order valence-corrected chi connectivity index (χ3v) is 13.0. The number of aliphatic hydroxyl groups excluding tert-OH is 1. The van der Waals surface area contributed by atoms with Crippen LogP contribution >= 0.6 is 22.7 Å². The Kier molecular flexibility index (Phi) is 12.0. The van der Waals surface area contributed by atoms with Crippen LogP contribution in [0.25, 0.3) is 52.3 Å². The molecule has 3 nitrogen and oxygen atoms in total. The summed E-state index contributed by atoms with van der Waals surface area (Å²) in [4.78, 5) is 17.1. The minimum Gasteiger partial charge on any atom is -0.512 e. The van der Waals surface area contributed by atoms with E-state index in [1.807, 2.05) is 70.4 Å². The zero-order valence-corrected chi connectivity index (χ0v) is 34.7. The maximum Gasteiger partial charge on any atom is 0.164 e. The molecule has 0 unspecified atom stereocenters. The van der Waals surface area contributed by atoms with Gasteiger partial charge < -0.3 is 5.11 Å². The van der Waals surface area contributed by atoms with Crippen molar-refractivity contribution in [3.8, 4) is 11.3 Å². The number of aromatic nitrogens is 1. The molecule has 0 saturated carbocycles. The second-order valence-corrected chi connectivity index (χ2v) is 16.7. The third kappa shape index (κ3) is 7.45. The van der Waals surface area contributed by atoms with E-state index < -0.39 is 0 Å². The van der Waals surface area contributed by atoms with Gasteiger partial charge in [0.25, 0.3) is 0 Å². The van der Waals surface area contributed by atoms with Crippen LogP contribution in [0.1, 0.15) is 99.1 Å². The molecule has 0 atom stereocenters. The Bertz CT molecular complexity index is 2140. The number of hydrogen-bond donors (Lipinski definition) is 1. The van der Waals surface area contributed by atoms with Crippen molar-refractivity contribution in [3.63, 3.8) is 0 Å². The van der Waals surface area contributed by atoms with Gasteiger partial charge in [-0.05, 0) is 71.9 Å². The van der Waals surface area contributed by atoms with E-state index in [4.69, 9.17) is 4.98 Å². The van der Waals surface area contributed by atoms with Crippen LogP contribution in [-0.2, 0) is 30.3 Å². The van der Waals surface area contributed by atoms with E-state index in [2.05, 4.69) is 87.7 Å². The molecule has 6 aromatic rings. The molecular formula is C43H50IrNO2S2-. The predicted molar refractivity (Wildman–Crippen MR) is 211 cm³/mol. The Morgan fingerprint density at radius 2 is 1.51 bits per heavy atom. The number of rotatable bonds is 8. The number of benzene rings is 3. The summed E-state index contributed by atoms with van der Waals surface area (Å²) in [6.45, 7) is 21.1. The summed E-state index contributed by atoms with van der Waals surface area (Å²) in [7, 11) is 0. The Morgan fingerprint density at radius 3 is 2.14 bits per heavy atom. The van der Waals surface area contributed by atoms with E-state index in [0.29, 0.717) is 0 Å². The molecule has 1 radical (unpaired) electrons. The molecule has 3 aromatic heterocycles. The van der Waals surface area contributed by atoms with Crippen molar-refractivity contribution >= 4 is 69.5 Å². The molecule has 0 aliphatic heterocycles. The summed E-state index contributed by atoms with van der Waals surface area (Å²) in [5.74, 6) is 0.286. The molecule has 6 rings (SSSR count). The van der Waals surface area contributed by atoms with E-state index in [9.17, 15) is 9.90 Å². The maximum atomic E-state index is 12.2. The topological polar surface area (TPSA) is 50.2 Å². The normalized spacial score (nSPS) is 12.7. The van der Waals surface area contributed by atoms with E-state index in [0.717, 1.165) is 42.3 Å². The Labute approximate surface area is 314 Å². The molecule has 6 heteroatoms. The second kappa shape index (κ2) is 15.2. The third-order valence-electron chi connectivity index (χ3n) is 10.7. The molecular weight excluding hydrogens is 819 g/mol. The van der Waals surface area contributed by atoms with Gasteiger partial charge in [-0.1, -0.05) is 97.5 Å². The monoisotopic (exact) mass is 869 g/mol. The molecule has 3 aromatic carbocycles. The maximum absolute atomic E-state index is 12.2. The van der Waals surface area contributed by atoms with Gasteiger partial charge in [0.15, 0.2) is 5.78 Å². The number of fused-ring (bicyclic) bond motifs is 6. The van der Waals surface area contributed by atoms with Gasteiger partial charge in [-0.3, -0.25) is 9.78 Å². The van der Waals surface area contributed by atoms with Crippen molar-refractivity contribution in [2.24, 2.45) is 10.8 Å². The van der Waals surface area contributed by atoms with Gasteiger partial charge >= 0.3 is 0 Å². The first-order chi connectivity index (χ1) is 22.7. The van der Waals surface area contributed by atoms with Crippen molar-refractivity contribution in [1.82, 2.24) is 4.98 Å². The Morgan fingerprint density at radius 1 is 0.857 bits per heavy atom. The predicted octanol–water partition coefficient (Wildman–Crippen LogP) is 13.5. The zero-order chi connectivity index (χ0) is 35.0. The molecule has 1 N–H and O–H groups in total. The number of pyridine rings is 1. The van der Waals surface area contributed by atoms with Crippen LogP contribution < -0.4 is 0 Å². The largest absolute Gasteiger partial charge is 0.512 e. The number of allylic oxidation sites excluding steroid dienone is 2. The molecule has 0 saturated heterocycles.